The van der Waals surface area contributed by atoms with Crippen molar-refractivity contribution < 1.29 is 4.52 Å². The normalized spacial score (nSPS) is 15.6. The minimum atomic E-state index is -0.0403. The molecule has 1 aliphatic heterocycles. The van der Waals surface area contributed by atoms with Gasteiger partial charge in [-0.15, -0.1) is 0 Å². The summed E-state index contributed by atoms with van der Waals surface area (Å²) in [6, 6.07) is 11.1. The topological polar surface area (TPSA) is 89.4 Å². The van der Waals surface area contributed by atoms with E-state index in [4.69, 9.17) is 9.51 Å². The lowest BCUT2D eigenvalue weighted by atomic mass is 9.96. The van der Waals surface area contributed by atoms with Gasteiger partial charge in [0.25, 0.3) is 5.56 Å². The molecule has 5 heterocycles. The van der Waals surface area contributed by atoms with Gasteiger partial charge in [-0.1, -0.05) is 17.3 Å². The van der Waals surface area contributed by atoms with Crippen molar-refractivity contribution in [2.24, 2.45) is 0 Å². The van der Waals surface area contributed by atoms with Crippen molar-refractivity contribution in [2.75, 3.05) is 13.1 Å². The molecule has 4 aromatic rings. The highest BCUT2D eigenvalue weighted by Crippen LogP contribution is 2.28. The summed E-state index contributed by atoms with van der Waals surface area (Å²) in [5.74, 6) is 1.45. The summed E-state index contributed by atoms with van der Waals surface area (Å²) < 4.78 is 7.11. The van der Waals surface area contributed by atoms with Crippen molar-refractivity contribution in [3.8, 4) is 11.5 Å². The first kappa shape index (κ1) is 18.6. The van der Waals surface area contributed by atoms with E-state index in [-0.39, 0.29) is 11.5 Å². The standard InChI is InChI=1S/C22H22N6O2/c1-15-5-4-10-28-19(29)13-17(24-21(15)28)14-27-11-7-16(8-12-27)22-25-20(26-30-22)18-6-2-3-9-23-18/h2-6,9-10,13,16H,7-8,11-12,14H2,1H3. The van der Waals surface area contributed by atoms with Gasteiger partial charge >= 0.3 is 0 Å². The summed E-state index contributed by atoms with van der Waals surface area (Å²) in [6.45, 7) is 4.41. The van der Waals surface area contributed by atoms with Crippen LogP contribution in [0.15, 0.2) is 58.1 Å². The van der Waals surface area contributed by atoms with Gasteiger partial charge in [-0.05, 0) is 56.6 Å². The van der Waals surface area contributed by atoms with Crippen molar-refractivity contribution in [1.29, 1.82) is 0 Å². The molecule has 0 amide bonds. The minimum absolute atomic E-state index is 0.0403. The monoisotopic (exact) mass is 402 g/mol. The number of aromatic nitrogens is 5. The van der Waals surface area contributed by atoms with E-state index in [1.54, 1.807) is 22.9 Å². The first-order valence-electron chi connectivity index (χ1n) is 10.1. The molecule has 5 rings (SSSR count). The Balaban J connectivity index is 1.26. The average molecular weight is 402 g/mol. The summed E-state index contributed by atoms with van der Waals surface area (Å²) in [4.78, 5) is 28.3. The van der Waals surface area contributed by atoms with Gasteiger partial charge in [0.05, 0.1) is 5.69 Å². The number of nitrogens with zero attached hydrogens (tertiary/aromatic N) is 6. The molecular formula is C22H22N6O2. The highest BCUT2D eigenvalue weighted by molar-refractivity contribution is 5.47. The van der Waals surface area contributed by atoms with Gasteiger partial charge in [-0.2, -0.15) is 4.98 Å². The first-order chi connectivity index (χ1) is 14.7. The van der Waals surface area contributed by atoms with Crippen LogP contribution in [0.1, 0.15) is 35.9 Å². The van der Waals surface area contributed by atoms with Crippen LogP contribution in [0.3, 0.4) is 0 Å². The minimum Gasteiger partial charge on any atom is -0.339 e. The predicted octanol–water partition coefficient (Wildman–Crippen LogP) is 2.83. The van der Waals surface area contributed by atoms with E-state index in [1.807, 2.05) is 37.3 Å². The van der Waals surface area contributed by atoms with Gasteiger partial charge in [0.15, 0.2) is 0 Å². The molecule has 8 nitrogen and oxygen atoms in total. The van der Waals surface area contributed by atoms with E-state index >= 15 is 0 Å². The van der Waals surface area contributed by atoms with Gasteiger partial charge in [-0.3, -0.25) is 19.1 Å². The van der Waals surface area contributed by atoms with Gasteiger partial charge in [-0.25, -0.2) is 4.98 Å². The lowest BCUT2D eigenvalue weighted by Gasteiger charge is -2.29. The van der Waals surface area contributed by atoms with Crippen molar-refractivity contribution in [2.45, 2.75) is 32.2 Å². The van der Waals surface area contributed by atoms with Crippen LogP contribution in [0.4, 0.5) is 0 Å². The Kier molecular flexibility index (Phi) is 4.84. The Bertz CT molecular complexity index is 1230. The fourth-order valence-corrected chi connectivity index (χ4v) is 3.96. The summed E-state index contributed by atoms with van der Waals surface area (Å²) >= 11 is 0. The van der Waals surface area contributed by atoms with Gasteiger partial charge in [0.2, 0.25) is 11.7 Å². The molecule has 152 valence electrons. The van der Waals surface area contributed by atoms with Crippen molar-refractivity contribution >= 4 is 5.65 Å². The zero-order chi connectivity index (χ0) is 20.5. The number of hydrogen-bond donors (Lipinski definition) is 0. The van der Waals surface area contributed by atoms with Crippen LogP contribution in [0.5, 0.6) is 0 Å². The fourth-order valence-electron chi connectivity index (χ4n) is 3.96. The van der Waals surface area contributed by atoms with E-state index in [1.165, 1.54) is 0 Å². The van der Waals surface area contributed by atoms with Gasteiger partial charge in [0, 0.05) is 30.9 Å². The average Bonchev–Trinajstić information content (AvgIpc) is 3.26. The predicted molar refractivity (Wildman–Crippen MR) is 111 cm³/mol. The second-order valence-corrected chi connectivity index (χ2v) is 7.69. The Hall–Kier alpha value is -3.39. The number of aryl methyl sites for hydroxylation is 1. The van der Waals surface area contributed by atoms with E-state index in [2.05, 4.69) is 20.0 Å². The highest BCUT2D eigenvalue weighted by atomic mass is 16.5. The molecule has 0 radical (unpaired) electrons. The van der Waals surface area contributed by atoms with Gasteiger partial charge in [0.1, 0.15) is 11.3 Å². The van der Waals surface area contributed by atoms with Crippen LogP contribution in [-0.4, -0.2) is 42.5 Å². The van der Waals surface area contributed by atoms with Crippen molar-refractivity contribution in [3.05, 3.63) is 76.3 Å². The van der Waals surface area contributed by atoms with E-state index in [0.29, 0.717) is 24.0 Å². The Labute approximate surface area is 173 Å². The van der Waals surface area contributed by atoms with E-state index < -0.39 is 0 Å². The molecular weight excluding hydrogens is 380 g/mol. The quantitative estimate of drug-likeness (QED) is 0.518. The molecule has 0 N–H and O–H groups in total. The number of likely N-dealkylation sites (tertiary alicyclic amines) is 1. The molecule has 1 fully saturated rings. The smallest absolute Gasteiger partial charge is 0.258 e. The molecule has 1 aliphatic rings. The molecule has 0 saturated carbocycles. The highest BCUT2D eigenvalue weighted by Gasteiger charge is 2.26. The number of piperidine rings is 1. The maximum atomic E-state index is 12.4. The third-order valence-electron chi connectivity index (χ3n) is 5.60. The molecule has 4 aromatic heterocycles. The number of pyridine rings is 2. The maximum absolute atomic E-state index is 12.4. The first-order valence-corrected chi connectivity index (χ1v) is 10.1. The van der Waals surface area contributed by atoms with Crippen molar-refractivity contribution in [3.63, 3.8) is 0 Å². The van der Waals surface area contributed by atoms with Crippen LogP contribution >= 0.6 is 0 Å². The third kappa shape index (κ3) is 3.61. The molecule has 0 atom stereocenters. The second-order valence-electron chi connectivity index (χ2n) is 7.69. The second kappa shape index (κ2) is 7.79. The molecule has 30 heavy (non-hydrogen) atoms. The Morgan fingerprint density at radius 2 is 2.00 bits per heavy atom. The number of rotatable bonds is 4. The maximum Gasteiger partial charge on any atom is 0.258 e. The summed E-state index contributed by atoms with van der Waals surface area (Å²) in [6.07, 6.45) is 5.33. The van der Waals surface area contributed by atoms with E-state index in [9.17, 15) is 4.79 Å². The van der Waals surface area contributed by atoms with Crippen LogP contribution in [0.25, 0.3) is 17.2 Å². The molecule has 0 unspecified atom stereocenters. The molecule has 1 saturated heterocycles. The van der Waals surface area contributed by atoms with Crippen LogP contribution in [-0.2, 0) is 6.54 Å². The molecule has 0 spiro atoms. The third-order valence-corrected chi connectivity index (χ3v) is 5.60. The molecule has 8 heteroatoms. The zero-order valence-electron chi connectivity index (χ0n) is 16.7. The summed E-state index contributed by atoms with van der Waals surface area (Å²) in [5.41, 5.74) is 3.21. The molecule has 0 bridgehead atoms. The lowest BCUT2D eigenvalue weighted by Crippen LogP contribution is -2.33. The molecule has 0 aromatic carbocycles. The Morgan fingerprint density at radius 3 is 2.80 bits per heavy atom. The largest absolute Gasteiger partial charge is 0.339 e. The van der Waals surface area contributed by atoms with Crippen LogP contribution in [0, 0.1) is 6.92 Å². The Morgan fingerprint density at radius 1 is 1.13 bits per heavy atom. The SMILES string of the molecule is Cc1cccn2c(=O)cc(CN3CCC(c4nc(-c5ccccn5)no4)CC3)nc12. The van der Waals surface area contributed by atoms with E-state index in [0.717, 1.165) is 42.8 Å². The summed E-state index contributed by atoms with van der Waals surface area (Å²) in [7, 11) is 0. The number of hydrogen-bond acceptors (Lipinski definition) is 7. The van der Waals surface area contributed by atoms with Gasteiger partial charge < -0.3 is 4.52 Å². The van der Waals surface area contributed by atoms with Crippen LogP contribution in [0.2, 0.25) is 0 Å². The summed E-state index contributed by atoms with van der Waals surface area (Å²) in [5, 5.41) is 4.09. The van der Waals surface area contributed by atoms with Crippen LogP contribution < -0.4 is 5.56 Å². The lowest BCUT2D eigenvalue weighted by molar-refractivity contribution is 0.186. The van der Waals surface area contributed by atoms with Crippen molar-refractivity contribution in [1.82, 2.24) is 29.4 Å². The zero-order valence-corrected chi connectivity index (χ0v) is 16.7. The fraction of sp³-hybridized carbons (Fsp3) is 0.318. The number of fused-ring (bicyclic) bond motifs is 1. The molecule has 0 aliphatic carbocycles.